The van der Waals surface area contributed by atoms with Crippen molar-refractivity contribution in [2.45, 2.75) is 32.9 Å². The molecule has 2 aliphatic rings. The molecule has 0 aliphatic carbocycles. The van der Waals surface area contributed by atoms with Crippen LogP contribution in [0.1, 0.15) is 36.5 Å². The van der Waals surface area contributed by atoms with Crippen LogP contribution in [0.4, 0.5) is 4.39 Å². The molecule has 14 nitrogen and oxygen atoms in total. The fraction of sp³-hybridized carbons (Fsp3) is 0.412. The predicted octanol–water partition coefficient (Wildman–Crippen LogP) is 2.63. The number of aromatic nitrogens is 3. The summed E-state index contributed by atoms with van der Waals surface area (Å²) >= 11 is 0. The summed E-state index contributed by atoms with van der Waals surface area (Å²) in [5.74, 6) is -2.71. The molecule has 2 aromatic carbocycles. The average Bonchev–Trinajstić information content (AvgIpc) is 3.53. The molecular weight excluding hydrogens is 639 g/mol. The Kier molecular flexibility index (Phi) is 13.4. The Balaban J connectivity index is 0.000000603. The van der Waals surface area contributed by atoms with Crippen molar-refractivity contribution in [1.29, 1.82) is 0 Å². The first-order valence-corrected chi connectivity index (χ1v) is 15.9. The molecule has 2 aliphatic heterocycles. The van der Waals surface area contributed by atoms with E-state index in [1.54, 1.807) is 23.1 Å². The van der Waals surface area contributed by atoms with Gasteiger partial charge in [-0.05, 0) is 36.6 Å². The zero-order valence-corrected chi connectivity index (χ0v) is 27.4. The SMILES string of the molecule is CC(C)CN(C(=O)c1nnn(-c2ccccc2F)c1COc1ccccc1)[C@@H]1CNC[C@H](C(=O)N2CCOCC2)C1.O=C(O)/C=C/C(=O)O. The minimum Gasteiger partial charge on any atom is -0.487 e. The molecule has 2 fully saturated rings. The maximum Gasteiger partial charge on any atom is 0.328 e. The number of hydrogen-bond donors (Lipinski definition) is 3. The molecule has 5 rings (SSSR count). The lowest BCUT2D eigenvalue weighted by molar-refractivity contribution is -0.140. The molecule has 2 saturated heterocycles. The van der Waals surface area contributed by atoms with E-state index in [1.165, 1.54) is 10.7 Å². The third-order valence-electron chi connectivity index (χ3n) is 7.80. The number of hydrogen-bond acceptors (Lipinski definition) is 9. The number of morpholine rings is 1. The molecule has 0 spiro atoms. The van der Waals surface area contributed by atoms with Gasteiger partial charge in [-0.1, -0.05) is 49.4 Å². The Morgan fingerprint density at radius 3 is 2.31 bits per heavy atom. The first-order chi connectivity index (χ1) is 23.5. The third-order valence-corrected chi connectivity index (χ3v) is 7.80. The van der Waals surface area contributed by atoms with Crippen LogP contribution in [-0.4, -0.2) is 111 Å². The number of ether oxygens (including phenoxy) is 2. The number of benzene rings is 2. The summed E-state index contributed by atoms with van der Waals surface area (Å²) in [6.07, 6.45) is 1.66. The second kappa shape index (κ2) is 17.8. The monoisotopic (exact) mass is 680 g/mol. The van der Waals surface area contributed by atoms with Crippen molar-refractivity contribution >= 4 is 23.8 Å². The lowest BCUT2D eigenvalue weighted by Gasteiger charge is -2.40. The Bertz CT molecular complexity index is 1590. The summed E-state index contributed by atoms with van der Waals surface area (Å²) in [5.41, 5.74) is 0.630. The summed E-state index contributed by atoms with van der Waals surface area (Å²) < 4.78 is 27.6. The number of carbonyl (C=O) groups is 4. The number of nitrogens with one attached hydrogen (secondary N) is 1. The van der Waals surface area contributed by atoms with Crippen molar-refractivity contribution in [3.05, 3.63) is 84.0 Å². The topological polar surface area (TPSA) is 176 Å². The fourth-order valence-corrected chi connectivity index (χ4v) is 5.54. The van der Waals surface area contributed by atoms with E-state index in [0.717, 1.165) is 0 Å². The summed E-state index contributed by atoms with van der Waals surface area (Å²) in [6.45, 7) is 7.89. The van der Waals surface area contributed by atoms with Crippen LogP contribution < -0.4 is 10.1 Å². The first-order valence-electron chi connectivity index (χ1n) is 15.9. The minimum atomic E-state index is -1.26. The van der Waals surface area contributed by atoms with Crippen LogP contribution in [0, 0.1) is 17.7 Å². The molecule has 2 atom stereocenters. The van der Waals surface area contributed by atoms with Gasteiger partial charge in [0, 0.05) is 50.9 Å². The van der Waals surface area contributed by atoms with Gasteiger partial charge in [-0.2, -0.15) is 0 Å². The molecule has 49 heavy (non-hydrogen) atoms. The van der Waals surface area contributed by atoms with Gasteiger partial charge in [-0.25, -0.2) is 18.7 Å². The zero-order valence-electron chi connectivity index (χ0n) is 27.4. The van der Waals surface area contributed by atoms with Gasteiger partial charge in [0.1, 0.15) is 29.6 Å². The molecule has 2 amide bonds. The van der Waals surface area contributed by atoms with E-state index in [1.807, 2.05) is 49.1 Å². The highest BCUT2D eigenvalue weighted by Gasteiger charge is 2.37. The summed E-state index contributed by atoms with van der Waals surface area (Å²) in [7, 11) is 0. The van der Waals surface area contributed by atoms with E-state index in [9.17, 15) is 23.6 Å². The normalized spacial score (nSPS) is 17.7. The lowest BCUT2D eigenvalue weighted by Crippen LogP contribution is -2.56. The highest BCUT2D eigenvalue weighted by atomic mass is 19.1. The number of para-hydroxylation sites is 2. The number of carboxylic acid groups (broad SMARTS) is 2. The van der Waals surface area contributed by atoms with Crippen molar-refractivity contribution in [2.24, 2.45) is 11.8 Å². The van der Waals surface area contributed by atoms with Gasteiger partial charge < -0.3 is 34.8 Å². The number of amides is 2. The predicted molar refractivity (Wildman–Crippen MR) is 175 cm³/mol. The van der Waals surface area contributed by atoms with Gasteiger partial charge in [0.15, 0.2) is 5.69 Å². The standard InChI is InChI=1S/C30H37FN6O4.C4H4O4/c1-21(2)19-36(23-16-22(17-32-18-23)29(38)35-12-14-40-15-13-35)30(39)28-27(20-41-24-8-4-3-5-9-24)37(34-33-28)26-11-7-6-10-25(26)31;5-3(6)1-2-4(7)8/h3-11,21-23,32H,12-20H2,1-2H3;1-2H,(H,5,6)(H,7,8)/b;2-1+/t22-,23+;/m1./s1. The Hall–Kier alpha value is -5.15. The molecule has 3 heterocycles. The molecule has 262 valence electrons. The van der Waals surface area contributed by atoms with E-state index in [-0.39, 0.29) is 47.7 Å². The minimum absolute atomic E-state index is 0.0387. The number of carboxylic acids is 2. The van der Waals surface area contributed by atoms with Gasteiger partial charge >= 0.3 is 11.9 Å². The third kappa shape index (κ3) is 10.4. The Labute approximate surface area is 283 Å². The highest BCUT2D eigenvalue weighted by molar-refractivity contribution is 5.94. The highest BCUT2D eigenvalue weighted by Crippen LogP contribution is 2.25. The van der Waals surface area contributed by atoms with Crippen LogP contribution >= 0.6 is 0 Å². The maximum absolute atomic E-state index is 14.8. The van der Waals surface area contributed by atoms with Crippen LogP contribution in [0.3, 0.4) is 0 Å². The number of aliphatic carboxylic acids is 2. The smallest absolute Gasteiger partial charge is 0.328 e. The Morgan fingerprint density at radius 2 is 1.67 bits per heavy atom. The quantitative estimate of drug-likeness (QED) is 0.254. The van der Waals surface area contributed by atoms with Gasteiger partial charge in [0.2, 0.25) is 5.91 Å². The van der Waals surface area contributed by atoms with Crippen LogP contribution in [0.15, 0.2) is 66.7 Å². The van der Waals surface area contributed by atoms with E-state index in [2.05, 4.69) is 15.6 Å². The van der Waals surface area contributed by atoms with Crippen molar-refractivity contribution in [3.8, 4) is 11.4 Å². The summed E-state index contributed by atoms with van der Waals surface area (Å²) in [4.78, 5) is 50.3. The van der Waals surface area contributed by atoms with Gasteiger partial charge in [-0.15, -0.1) is 5.10 Å². The maximum atomic E-state index is 14.8. The summed E-state index contributed by atoms with van der Waals surface area (Å²) in [6, 6.07) is 15.2. The van der Waals surface area contributed by atoms with Crippen LogP contribution in [0.25, 0.3) is 5.69 Å². The average molecular weight is 681 g/mol. The molecule has 1 aromatic heterocycles. The van der Waals surface area contributed by atoms with Crippen molar-refractivity contribution in [3.63, 3.8) is 0 Å². The second-order valence-electron chi connectivity index (χ2n) is 11.9. The van der Waals surface area contributed by atoms with E-state index < -0.39 is 17.8 Å². The van der Waals surface area contributed by atoms with Crippen LogP contribution in [-0.2, 0) is 25.7 Å². The van der Waals surface area contributed by atoms with Gasteiger partial charge in [0.25, 0.3) is 5.91 Å². The van der Waals surface area contributed by atoms with Crippen molar-refractivity contribution in [1.82, 2.24) is 30.1 Å². The second-order valence-corrected chi connectivity index (χ2v) is 11.9. The number of halogens is 1. The molecule has 0 bridgehead atoms. The zero-order chi connectivity index (χ0) is 35.3. The fourth-order valence-electron chi connectivity index (χ4n) is 5.54. The number of piperidine rings is 1. The largest absolute Gasteiger partial charge is 0.487 e. The number of nitrogens with zero attached hydrogens (tertiary/aromatic N) is 5. The van der Waals surface area contributed by atoms with E-state index >= 15 is 0 Å². The first kappa shape index (κ1) is 36.7. The van der Waals surface area contributed by atoms with Crippen molar-refractivity contribution < 1.29 is 43.3 Å². The molecule has 15 heteroatoms. The molecule has 0 unspecified atom stereocenters. The molecular formula is C34H41FN6O8. The van der Waals surface area contributed by atoms with Gasteiger partial charge in [-0.3, -0.25) is 9.59 Å². The van der Waals surface area contributed by atoms with E-state index in [0.29, 0.717) is 76.0 Å². The molecule has 3 N–H and O–H groups in total. The lowest BCUT2D eigenvalue weighted by atomic mass is 9.92. The molecule has 0 saturated carbocycles. The Morgan fingerprint density at radius 1 is 1.02 bits per heavy atom. The van der Waals surface area contributed by atoms with Crippen LogP contribution in [0.2, 0.25) is 0 Å². The van der Waals surface area contributed by atoms with E-state index in [4.69, 9.17) is 19.7 Å². The molecule has 0 radical (unpaired) electrons. The number of rotatable bonds is 11. The molecule has 3 aromatic rings. The van der Waals surface area contributed by atoms with Crippen molar-refractivity contribution in [2.75, 3.05) is 45.9 Å². The number of carbonyl (C=O) groups excluding carboxylic acids is 2. The van der Waals surface area contributed by atoms with Gasteiger partial charge in [0.05, 0.1) is 19.1 Å². The van der Waals surface area contributed by atoms with Crippen LogP contribution in [0.5, 0.6) is 5.75 Å². The summed E-state index contributed by atoms with van der Waals surface area (Å²) in [5, 5.41) is 27.5.